The van der Waals surface area contributed by atoms with Gasteiger partial charge in [-0.2, -0.15) is 0 Å². The topological polar surface area (TPSA) is 71.7 Å². The number of hydrogen-bond acceptors (Lipinski definition) is 3. The van der Waals surface area contributed by atoms with Crippen molar-refractivity contribution >= 4 is 0 Å². The number of rotatable bonds is 0. The molecule has 0 unspecified atom stereocenters. The second-order valence-electron chi connectivity index (χ2n) is 0.384. The molecule has 1 N–H and O–H groups in total. The van der Waals surface area contributed by atoms with Gasteiger partial charge in [-0.25, -0.2) is 0 Å². The van der Waals surface area contributed by atoms with Crippen LogP contribution in [-0.2, 0) is 0 Å². The van der Waals surface area contributed by atoms with Gasteiger partial charge in [0.1, 0.15) is 0 Å². The highest BCUT2D eigenvalue weighted by molar-refractivity contribution is 4.20. The third-order valence-corrected chi connectivity index (χ3v) is 0. The highest BCUT2D eigenvalue weighted by Gasteiger charge is 1.34. The maximum absolute atomic E-state index is 7.88. The second-order valence-corrected chi connectivity index (χ2v) is 0.384. The van der Waals surface area contributed by atoms with Gasteiger partial charge in [0.25, 0.3) is 0 Å². The molecule has 0 aromatic rings. The molecule has 0 aliphatic rings. The van der Waals surface area contributed by atoms with Gasteiger partial charge < -0.3 is 5.11 Å². The highest BCUT2D eigenvalue weighted by Crippen LogP contribution is 1.30. The standard InChI is InChI=1S/C2H6O.O3/c1-2-3;1-3-2/h3H,2H2,1H3;. The first-order chi connectivity index (χ1) is 2.83. The fourth-order valence-corrected chi connectivity index (χ4v) is 0. The van der Waals surface area contributed by atoms with E-state index in [0.29, 0.717) is 0 Å². The van der Waals surface area contributed by atoms with Crippen LogP contribution in [0.2, 0.25) is 0 Å². The van der Waals surface area contributed by atoms with Gasteiger partial charge >= 0.3 is 0 Å². The first-order valence-corrected chi connectivity index (χ1v) is 1.36. The van der Waals surface area contributed by atoms with Gasteiger partial charge in [0.2, 0.25) is 0 Å². The molecule has 4 heteroatoms. The zero-order chi connectivity index (χ0) is 5.41. The van der Waals surface area contributed by atoms with E-state index in [1.165, 1.54) is 0 Å². The fraction of sp³-hybridized carbons (Fsp3) is 1.00. The van der Waals surface area contributed by atoms with E-state index in [4.69, 9.17) is 15.3 Å². The lowest BCUT2D eigenvalue weighted by Crippen LogP contribution is -1.82. The minimum atomic E-state index is 0.250. The minimum absolute atomic E-state index is 0.250. The first-order valence-electron chi connectivity index (χ1n) is 1.36. The Morgan fingerprint density at radius 3 is 2.00 bits per heavy atom. The van der Waals surface area contributed by atoms with Crippen molar-refractivity contribution in [2.24, 2.45) is 0 Å². The molecule has 0 spiro atoms. The summed E-state index contributed by atoms with van der Waals surface area (Å²) in [5.41, 5.74) is 0. The monoisotopic (exact) mass is 94.0 g/mol. The van der Waals surface area contributed by atoms with Crippen LogP contribution in [0.3, 0.4) is 0 Å². The minimum Gasteiger partial charge on any atom is -0.397 e. The van der Waals surface area contributed by atoms with Crippen LogP contribution in [-0.4, -0.2) is 11.7 Å². The molecule has 0 heterocycles. The van der Waals surface area contributed by atoms with Crippen LogP contribution in [0, 0.1) is 9.71 Å². The zero-order valence-electron chi connectivity index (χ0n) is 3.38. The molecule has 0 aromatic heterocycles. The lowest BCUT2D eigenvalue weighted by atomic mass is 10.9. The fourth-order valence-electron chi connectivity index (χ4n) is 0. The van der Waals surface area contributed by atoms with Crippen molar-refractivity contribution in [3.8, 4) is 0 Å². The summed E-state index contributed by atoms with van der Waals surface area (Å²) in [6.45, 7) is 1.93. The Bertz CT molecular complexity index is 19.5. The van der Waals surface area contributed by atoms with Crippen molar-refractivity contribution in [2.45, 2.75) is 6.92 Å². The van der Waals surface area contributed by atoms with E-state index in [9.17, 15) is 0 Å². The average Bonchev–Trinajstić information content (AvgIpc) is 1.39. The summed E-state index contributed by atoms with van der Waals surface area (Å²) in [4.78, 5) is 7.88. The summed E-state index contributed by atoms with van der Waals surface area (Å²) in [6.07, 6.45) is 0. The van der Waals surface area contributed by atoms with Crippen molar-refractivity contribution in [1.29, 1.82) is 0 Å². The molecule has 0 aliphatic heterocycles. The van der Waals surface area contributed by atoms with E-state index in [2.05, 4.69) is 0 Å². The summed E-state index contributed by atoms with van der Waals surface area (Å²) in [5, 5.41) is 15.4. The van der Waals surface area contributed by atoms with E-state index >= 15 is 0 Å². The summed E-state index contributed by atoms with van der Waals surface area (Å²) >= 11 is 0. The molecule has 0 aliphatic carbocycles. The molecule has 0 saturated heterocycles. The van der Waals surface area contributed by atoms with Gasteiger partial charge in [0.15, 0.2) is 4.75 Å². The Kier molecular flexibility index (Phi) is 40.0. The van der Waals surface area contributed by atoms with E-state index in [0.717, 1.165) is 0 Å². The molecule has 0 atom stereocenters. The van der Waals surface area contributed by atoms with Crippen molar-refractivity contribution in [3.63, 3.8) is 0 Å². The largest absolute Gasteiger partial charge is 0.397 e. The summed E-state index contributed by atoms with van der Waals surface area (Å²) in [5.74, 6) is 0. The van der Waals surface area contributed by atoms with Crippen LogP contribution in [0.15, 0.2) is 0 Å². The normalized spacial score (nSPS) is 5.00. The first kappa shape index (κ1) is 9.03. The maximum atomic E-state index is 7.88. The molecule has 6 heavy (non-hydrogen) atoms. The van der Waals surface area contributed by atoms with Gasteiger partial charge in [-0.1, -0.05) is 10.2 Å². The van der Waals surface area contributed by atoms with E-state index < -0.39 is 0 Å². The molecule has 38 valence electrons. The van der Waals surface area contributed by atoms with Gasteiger partial charge in [0, 0.05) is 6.61 Å². The second kappa shape index (κ2) is 26.6. The molecule has 0 bridgehead atoms. The molecule has 4 nitrogen and oxygen atoms in total. The molecule has 0 rings (SSSR count). The van der Waals surface area contributed by atoms with Crippen LogP contribution in [0.5, 0.6) is 0 Å². The SMILES string of the molecule is CCO.O=[O+][O-]. The number of aliphatic hydroxyl groups is 1. The average molecular weight is 94.1 g/mol. The van der Waals surface area contributed by atoms with Crippen molar-refractivity contribution < 1.29 is 10.4 Å². The van der Waals surface area contributed by atoms with E-state index in [1.807, 2.05) is 0 Å². The smallest absolute Gasteiger partial charge is 0.154 e. The Labute approximate surface area is 34.9 Å². The van der Waals surface area contributed by atoms with Gasteiger partial charge in [0.05, 0.1) is 0 Å². The summed E-state index contributed by atoms with van der Waals surface area (Å²) < 4.78 is 1.75. The molecular formula is C2H6O4. The highest BCUT2D eigenvalue weighted by atomic mass is 17.2. The lowest BCUT2D eigenvalue weighted by molar-refractivity contribution is -0.284. The van der Waals surface area contributed by atoms with E-state index in [1.54, 1.807) is 11.7 Å². The van der Waals surface area contributed by atoms with Gasteiger partial charge in [-0.05, 0) is 6.92 Å². The van der Waals surface area contributed by atoms with Gasteiger partial charge in [-0.15, -0.1) is 0 Å². The molecular weight excluding hydrogens is 88.0 g/mol. The third-order valence-electron chi connectivity index (χ3n) is 0. The van der Waals surface area contributed by atoms with Crippen molar-refractivity contribution in [2.75, 3.05) is 6.61 Å². The Hall–Kier alpha value is -0.640. The molecule has 0 fully saturated rings. The zero-order valence-corrected chi connectivity index (χ0v) is 3.38. The molecule has 0 aromatic carbocycles. The Morgan fingerprint density at radius 1 is 2.00 bits per heavy atom. The predicted molar refractivity (Wildman–Crippen MR) is 19.5 cm³/mol. The van der Waals surface area contributed by atoms with Crippen molar-refractivity contribution in [1.82, 2.24) is 0 Å². The van der Waals surface area contributed by atoms with Crippen LogP contribution in [0.1, 0.15) is 6.92 Å². The molecule has 0 amide bonds. The molecule has 0 radical (unpaired) electrons. The Morgan fingerprint density at radius 2 is 2.00 bits per heavy atom. The van der Waals surface area contributed by atoms with Crippen LogP contribution in [0.25, 0.3) is 0 Å². The number of aliphatic hydroxyl groups excluding tert-OH is 1. The lowest BCUT2D eigenvalue weighted by Gasteiger charge is -1.52. The van der Waals surface area contributed by atoms with Gasteiger partial charge in [-0.3, -0.25) is 0 Å². The summed E-state index contributed by atoms with van der Waals surface area (Å²) in [7, 11) is 0. The Balaban J connectivity index is 0. The third kappa shape index (κ3) is 45.7. The number of hydrogen-bond donors (Lipinski definition) is 1. The maximum Gasteiger partial charge on any atom is 0.154 e. The molecule has 0 saturated carbocycles. The van der Waals surface area contributed by atoms with Crippen molar-refractivity contribution in [3.05, 3.63) is 9.71 Å². The summed E-state index contributed by atoms with van der Waals surface area (Å²) in [6, 6.07) is 0. The quantitative estimate of drug-likeness (QED) is 0.234. The predicted octanol–water partition coefficient (Wildman–Crippen LogP) is -1.12. The van der Waals surface area contributed by atoms with Crippen LogP contribution < -0.4 is 5.26 Å². The van der Waals surface area contributed by atoms with Crippen LogP contribution in [0.4, 0.5) is 0 Å². The van der Waals surface area contributed by atoms with Crippen LogP contribution >= 0.6 is 0 Å². The van der Waals surface area contributed by atoms with E-state index in [-0.39, 0.29) is 6.61 Å².